The summed E-state index contributed by atoms with van der Waals surface area (Å²) in [5.74, 6) is 0. The molecule has 0 aliphatic heterocycles. The van der Waals surface area contributed by atoms with Gasteiger partial charge in [-0.05, 0) is 14.1 Å². The van der Waals surface area contributed by atoms with E-state index in [1.165, 1.54) is 0 Å². The van der Waals surface area contributed by atoms with Crippen LogP contribution in [0.2, 0.25) is 0 Å². The monoisotopic (exact) mass is 235 g/mol. The number of hydrogen-bond acceptors (Lipinski definition) is 1. The molecule has 0 aliphatic rings. The molecule has 84 valence electrons. The first kappa shape index (κ1) is 14.2. The van der Waals surface area contributed by atoms with Gasteiger partial charge in [-0.25, -0.2) is 0 Å². The second-order valence-corrected chi connectivity index (χ2v) is 2.90. The first-order valence-corrected chi connectivity index (χ1v) is 4.14. The van der Waals surface area contributed by atoms with Crippen LogP contribution in [0, 0.1) is 48.5 Å². The van der Waals surface area contributed by atoms with E-state index in [0.29, 0.717) is 0 Å². The van der Waals surface area contributed by atoms with E-state index in [9.17, 15) is 0 Å². The Morgan fingerprint density at radius 1 is 1.00 bits per heavy atom. The molecular weight excluding hydrogens is 226 g/mol. The van der Waals surface area contributed by atoms with Crippen LogP contribution in [0.4, 0.5) is 0 Å². The van der Waals surface area contributed by atoms with E-state index in [-0.39, 0.29) is 17.1 Å². The van der Waals surface area contributed by atoms with E-state index in [2.05, 4.69) is 53.4 Å². The number of nitrogens with zero attached hydrogens (tertiary/aromatic N) is 1. The quantitative estimate of drug-likeness (QED) is 0.559. The maximum absolute atomic E-state index is 2.89. The van der Waals surface area contributed by atoms with Gasteiger partial charge >= 0.3 is 0 Å². The SMILES string of the molecule is CN(C)C[c-]1[c-][c-][c-][c-]1.[Fe].[c-]1[c-][c-][cH-][c-]1. The van der Waals surface area contributed by atoms with Crippen LogP contribution in [-0.2, 0) is 23.6 Å². The summed E-state index contributed by atoms with van der Waals surface area (Å²) in [6.07, 6.45) is 0. The average molecular weight is 235 g/mol. The van der Waals surface area contributed by atoms with Crippen LogP contribution in [0.3, 0.4) is 0 Å². The smallest absolute Gasteiger partial charge is 0 e. The number of hydrogen-bond donors (Lipinski definition) is 0. The molecule has 2 rings (SSSR count). The Balaban J connectivity index is 0.000000280. The molecule has 0 saturated heterocycles. The maximum Gasteiger partial charge on any atom is 0 e. The van der Waals surface area contributed by atoms with Gasteiger partial charge < -0.3 is 65.1 Å². The minimum atomic E-state index is 0. The van der Waals surface area contributed by atoms with Gasteiger partial charge in [0, 0.05) is 17.1 Å². The second-order valence-electron chi connectivity index (χ2n) is 2.90. The Morgan fingerprint density at radius 3 is 1.87 bits per heavy atom. The fraction of sp³-hybridized carbons (Fsp3) is 0.231. The third kappa shape index (κ3) is 7.15. The van der Waals surface area contributed by atoms with Crippen LogP contribution >= 0.6 is 0 Å². The first-order valence-electron chi connectivity index (χ1n) is 4.14. The molecule has 0 bridgehead atoms. The molecule has 2 aromatic rings. The fourth-order valence-corrected chi connectivity index (χ4v) is 0.820. The summed E-state index contributed by atoms with van der Waals surface area (Å²) in [7, 11) is 4.02. The Bertz CT molecular complexity index is 278. The third-order valence-electron chi connectivity index (χ3n) is 1.31. The molecule has 0 spiro atoms. The van der Waals surface area contributed by atoms with E-state index in [1.807, 2.05) is 14.1 Å². The van der Waals surface area contributed by atoms with Crippen LogP contribution in [0.1, 0.15) is 5.56 Å². The summed E-state index contributed by atoms with van der Waals surface area (Å²) >= 11 is 0. The predicted molar refractivity (Wildman–Crippen MR) is 52.1 cm³/mol. The largest absolute Gasteiger partial charge is 0.999 e. The summed E-state index contributed by atoms with van der Waals surface area (Å²) in [5, 5.41) is 0. The molecule has 2 heteroatoms. The van der Waals surface area contributed by atoms with Gasteiger partial charge in [0.2, 0.25) is 0 Å². The first-order chi connectivity index (χ1) is 6.79. The predicted octanol–water partition coefficient (Wildman–Crippen LogP) is 1.27. The van der Waals surface area contributed by atoms with Gasteiger partial charge in [0.25, 0.3) is 0 Å². The second kappa shape index (κ2) is 8.48. The normalized spacial score (nSPS) is 9.00. The molecule has 0 fully saturated rings. The van der Waals surface area contributed by atoms with Gasteiger partial charge in [-0.2, -0.15) is 6.54 Å². The van der Waals surface area contributed by atoms with Crippen molar-refractivity contribution >= 4 is 0 Å². The van der Waals surface area contributed by atoms with Crippen LogP contribution < -0.4 is 0 Å². The zero-order valence-corrected chi connectivity index (χ0v) is 9.69. The van der Waals surface area contributed by atoms with Crippen LogP contribution in [0.5, 0.6) is 0 Å². The van der Waals surface area contributed by atoms with Crippen molar-refractivity contribution in [1.82, 2.24) is 4.90 Å². The van der Waals surface area contributed by atoms with Gasteiger partial charge in [-0.15, -0.1) is 0 Å². The Labute approximate surface area is 103 Å². The van der Waals surface area contributed by atoms with Crippen molar-refractivity contribution < 1.29 is 17.1 Å². The van der Waals surface area contributed by atoms with Crippen molar-refractivity contribution in [3.63, 3.8) is 0 Å². The van der Waals surface area contributed by atoms with Crippen molar-refractivity contribution in [2.45, 2.75) is 6.54 Å². The van der Waals surface area contributed by atoms with Gasteiger partial charge in [0.05, 0.1) is 0 Å². The van der Waals surface area contributed by atoms with Crippen molar-refractivity contribution in [3.05, 3.63) is 60.2 Å². The minimum Gasteiger partial charge on any atom is -0.999 e. The summed E-state index contributed by atoms with van der Waals surface area (Å²) < 4.78 is 0. The van der Waals surface area contributed by atoms with E-state index in [0.717, 1.165) is 12.1 Å². The Kier molecular flexibility index (Phi) is 8.02. The van der Waals surface area contributed by atoms with Gasteiger partial charge in [-0.3, -0.25) is 0 Å². The van der Waals surface area contributed by atoms with Crippen molar-refractivity contribution in [1.29, 1.82) is 0 Å². The van der Waals surface area contributed by atoms with Gasteiger partial charge in [-0.1, -0.05) is 0 Å². The Hall–Kier alpha value is -0.821. The van der Waals surface area contributed by atoms with E-state index in [4.69, 9.17) is 0 Å². The molecule has 15 heavy (non-hydrogen) atoms. The van der Waals surface area contributed by atoms with E-state index in [1.54, 1.807) is 6.07 Å². The van der Waals surface area contributed by atoms with Gasteiger partial charge in [0.1, 0.15) is 0 Å². The topological polar surface area (TPSA) is 3.24 Å². The molecule has 0 aliphatic carbocycles. The number of rotatable bonds is 2. The molecule has 0 aromatic heterocycles. The van der Waals surface area contributed by atoms with Crippen LogP contribution in [0.25, 0.3) is 0 Å². The minimum absolute atomic E-state index is 0. The molecule has 1 nitrogen and oxygen atoms in total. The zero-order valence-electron chi connectivity index (χ0n) is 8.59. The molecule has 0 amide bonds. The van der Waals surface area contributed by atoms with E-state index < -0.39 is 0 Å². The molecule has 0 radical (unpaired) electrons. The van der Waals surface area contributed by atoms with Crippen LogP contribution in [-0.4, -0.2) is 19.0 Å². The molecule has 0 atom stereocenters. The van der Waals surface area contributed by atoms with Crippen molar-refractivity contribution in [3.8, 4) is 0 Å². The molecule has 0 saturated carbocycles. The third-order valence-corrected chi connectivity index (χ3v) is 1.31. The molecule has 2 aromatic carbocycles. The summed E-state index contributed by atoms with van der Waals surface area (Å²) in [6.45, 7) is 0.875. The Morgan fingerprint density at radius 2 is 1.53 bits per heavy atom. The van der Waals surface area contributed by atoms with E-state index >= 15 is 0 Å². The summed E-state index contributed by atoms with van der Waals surface area (Å²) in [4.78, 5) is 2.06. The zero-order chi connectivity index (χ0) is 10.2. The standard InChI is InChI=1S/C8H8N.C5H.Fe/c1-9(2)7-8-5-3-4-6-8;1-2-4-5-3-1;/h7H2,1-2H3;1H;/q2*-5;. The maximum atomic E-state index is 2.89. The molecule has 0 N–H and O–H groups in total. The fourth-order valence-electron chi connectivity index (χ4n) is 0.820. The van der Waals surface area contributed by atoms with Crippen molar-refractivity contribution in [2.75, 3.05) is 14.1 Å². The average Bonchev–Trinajstić information content (AvgIpc) is 2.75. The van der Waals surface area contributed by atoms with Crippen molar-refractivity contribution in [2.24, 2.45) is 0 Å². The van der Waals surface area contributed by atoms with Crippen LogP contribution in [0.15, 0.2) is 6.07 Å². The van der Waals surface area contributed by atoms with Gasteiger partial charge in [0.15, 0.2) is 0 Å². The summed E-state index contributed by atoms with van der Waals surface area (Å²) in [6, 6.07) is 23.2. The molecular formula is C13H9FeN-10. The summed E-state index contributed by atoms with van der Waals surface area (Å²) in [5.41, 5.74) is 1.03. The molecule has 0 unspecified atom stereocenters. The molecule has 0 heterocycles.